The van der Waals surface area contributed by atoms with E-state index in [1.807, 2.05) is 48.8 Å². The van der Waals surface area contributed by atoms with Crippen LogP contribution in [0.3, 0.4) is 0 Å². The molecule has 2 aliphatic rings. The van der Waals surface area contributed by atoms with Gasteiger partial charge in [0.1, 0.15) is 23.1 Å². The summed E-state index contributed by atoms with van der Waals surface area (Å²) in [5.41, 5.74) is 9.62. The molecule has 6 aromatic rings. The van der Waals surface area contributed by atoms with E-state index in [-0.39, 0.29) is 5.78 Å². The predicted octanol–water partition coefficient (Wildman–Crippen LogP) is 5.76. The minimum atomic E-state index is -0.0467. The summed E-state index contributed by atoms with van der Waals surface area (Å²) >= 11 is 0. The van der Waals surface area contributed by atoms with Gasteiger partial charge in [-0.2, -0.15) is 0 Å². The Balaban J connectivity index is 0.887. The van der Waals surface area contributed by atoms with E-state index in [2.05, 4.69) is 56.6 Å². The Hall–Kier alpha value is -5.65. The quantitative estimate of drug-likeness (QED) is 0.155. The van der Waals surface area contributed by atoms with Crippen LogP contribution in [0.25, 0.3) is 44.1 Å². The fourth-order valence-electron chi connectivity index (χ4n) is 7.26. The zero-order chi connectivity index (χ0) is 35.1. The van der Waals surface area contributed by atoms with Crippen LogP contribution in [0, 0.1) is 0 Å². The van der Waals surface area contributed by atoms with Crippen LogP contribution in [0.4, 0.5) is 11.6 Å². The first-order valence-corrected chi connectivity index (χ1v) is 17.2. The van der Waals surface area contributed by atoms with Gasteiger partial charge in [-0.3, -0.25) is 14.8 Å². The number of hydrogen-bond acceptors (Lipinski definition) is 11. The van der Waals surface area contributed by atoms with E-state index in [1.54, 1.807) is 26.6 Å². The number of benzene rings is 2. The standard InChI is InChI=1S/C40H40N8O3/c1-47(15-13-43-39-31-19-24-22-41-11-9-27(24)35(31)29-7-5-25(50-3)20-33(29)45-39)17-18-48(2)16-14-44-40-37-36(28-10-12-42-23-32(28)38(37)49)30-8-6-26(51-4)21-34(30)46-40/h5-12,20-23H,13-19H2,1-4H3,(H,43,45)(H,44,46). The van der Waals surface area contributed by atoms with Crippen LogP contribution in [0.5, 0.6) is 11.5 Å². The first-order valence-electron chi connectivity index (χ1n) is 17.2. The van der Waals surface area contributed by atoms with Crippen molar-refractivity contribution in [2.45, 2.75) is 6.42 Å². The van der Waals surface area contributed by atoms with Crippen LogP contribution >= 0.6 is 0 Å². The van der Waals surface area contributed by atoms with E-state index in [1.165, 1.54) is 22.3 Å². The van der Waals surface area contributed by atoms with Gasteiger partial charge in [-0.15, -0.1) is 0 Å². The lowest BCUT2D eigenvalue weighted by molar-refractivity contribution is 0.104. The van der Waals surface area contributed by atoms with E-state index in [0.717, 1.165) is 89.4 Å². The lowest BCUT2D eigenvalue weighted by Crippen LogP contribution is -2.35. The molecule has 51 heavy (non-hydrogen) atoms. The van der Waals surface area contributed by atoms with E-state index < -0.39 is 0 Å². The number of ketones is 1. The van der Waals surface area contributed by atoms with Gasteiger partial charge >= 0.3 is 0 Å². The number of fused-ring (bicyclic) bond motifs is 10. The fourth-order valence-corrected chi connectivity index (χ4v) is 7.26. The Morgan fingerprint density at radius 3 is 1.92 bits per heavy atom. The molecule has 0 spiro atoms. The molecule has 0 aliphatic heterocycles. The maximum Gasteiger partial charge on any atom is 0.199 e. The number of nitrogens with zero attached hydrogens (tertiary/aromatic N) is 6. The highest BCUT2D eigenvalue weighted by molar-refractivity contribution is 6.27. The highest BCUT2D eigenvalue weighted by atomic mass is 16.5. The molecule has 2 aromatic carbocycles. The molecular formula is C40H40N8O3. The molecule has 0 saturated carbocycles. The van der Waals surface area contributed by atoms with Gasteiger partial charge < -0.3 is 29.9 Å². The maximum absolute atomic E-state index is 13.5. The molecule has 4 aromatic heterocycles. The summed E-state index contributed by atoms with van der Waals surface area (Å²) in [7, 11) is 7.59. The molecular weight excluding hydrogens is 640 g/mol. The minimum absolute atomic E-state index is 0.0467. The third kappa shape index (κ3) is 5.98. The summed E-state index contributed by atoms with van der Waals surface area (Å²) < 4.78 is 11.0. The first-order chi connectivity index (χ1) is 24.9. The van der Waals surface area contributed by atoms with Gasteiger partial charge in [0.2, 0.25) is 0 Å². The van der Waals surface area contributed by atoms with Crippen molar-refractivity contribution < 1.29 is 14.3 Å². The largest absolute Gasteiger partial charge is 0.497 e. The van der Waals surface area contributed by atoms with Gasteiger partial charge in [0.05, 0.1) is 30.8 Å². The van der Waals surface area contributed by atoms with Gasteiger partial charge in [-0.1, -0.05) is 0 Å². The number of anilines is 2. The van der Waals surface area contributed by atoms with Crippen LogP contribution in [0.15, 0.2) is 73.3 Å². The first kappa shape index (κ1) is 32.5. The minimum Gasteiger partial charge on any atom is -0.497 e. The topological polar surface area (TPSA) is 118 Å². The molecule has 11 heteroatoms. The third-order valence-corrected chi connectivity index (χ3v) is 10.0. The second kappa shape index (κ2) is 13.6. The number of nitrogens with one attached hydrogen (secondary N) is 2. The Bertz CT molecular complexity index is 2310. The maximum atomic E-state index is 13.5. The van der Waals surface area contributed by atoms with Gasteiger partial charge in [0.25, 0.3) is 0 Å². The third-order valence-electron chi connectivity index (χ3n) is 10.0. The Morgan fingerprint density at radius 1 is 0.667 bits per heavy atom. The Labute approximate surface area is 296 Å². The Morgan fingerprint density at radius 2 is 1.25 bits per heavy atom. The summed E-state index contributed by atoms with van der Waals surface area (Å²) in [6.45, 7) is 4.84. The molecule has 2 N–H and O–H groups in total. The number of carbonyl (C=O) groups excluding carboxylic acids is 1. The Kier molecular flexibility index (Phi) is 8.66. The molecule has 0 fully saturated rings. The molecule has 8 rings (SSSR count). The van der Waals surface area contributed by atoms with Crippen molar-refractivity contribution in [1.29, 1.82) is 0 Å². The molecule has 0 unspecified atom stereocenters. The number of hydrogen-bond donors (Lipinski definition) is 2. The van der Waals surface area contributed by atoms with E-state index in [0.29, 0.717) is 23.5 Å². The number of pyridine rings is 4. The van der Waals surface area contributed by atoms with Crippen molar-refractivity contribution in [2.24, 2.45) is 0 Å². The van der Waals surface area contributed by atoms with Crippen LogP contribution in [0.1, 0.15) is 27.0 Å². The molecule has 0 saturated heterocycles. The van der Waals surface area contributed by atoms with Crippen LogP contribution < -0.4 is 20.1 Å². The van der Waals surface area contributed by atoms with Crippen LogP contribution in [-0.4, -0.2) is 103 Å². The molecule has 258 valence electrons. The molecule has 0 atom stereocenters. The number of rotatable bonds is 13. The van der Waals surface area contributed by atoms with Crippen molar-refractivity contribution in [3.8, 4) is 33.8 Å². The second-order valence-corrected chi connectivity index (χ2v) is 13.2. The summed E-state index contributed by atoms with van der Waals surface area (Å²) in [6, 6.07) is 15.9. The summed E-state index contributed by atoms with van der Waals surface area (Å²) in [5.74, 6) is 2.98. The average Bonchev–Trinajstić information content (AvgIpc) is 3.70. The molecule has 0 bridgehead atoms. The summed E-state index contributed by atoms with van der Waals surface area (Å²) in [5, 5.41) is 9.18. The summed E-state index contributed by atoms with van der Waals surface area (Å²) in [4.78, 5) is 36.7. The SMILES string of the molecule is COc1ccc2c3c(c(NCCN(C)CCN(C)CCNc4nc5cc(OC)ccc5c5c4C(=O)c4cnccc4-5)nc2c1)Cc1cnccc1-3. The number of likely N-dealkylation sites (N-methyl/N-ethyl adjacent to an activating group) is 2. The molecule has 0 radical (unpaired) electrons. The number of aromatic nitrogens is 4. The van der Waals surface area contributed by atoms with Crippen molar-refractivity contribution >= 4 is 39.2 Å². The second-order valence-electron chi connectivity index (χ2n) is 13.2. The van der Waals surface area contributed by atoms with Crippen LogP contribution in [-0.2, 0) is 6.42 Å². The zero-order valence-corrected chi connectivity index (χ0v) is 29.3. The molecule has 11 nitrogen and oxygen atoms in total. The van der Waals surface area contributed by atoms with Gasteiger partial charge in [-0.05, 0) is 72.7 Å². The van der Waals surface area contributed by atoms with Gasteiger partial charge in [-0.25, -0.2) is 9.97 Å². The van der Waals surface area contributed by atoms with Crippen molar-refractivity contribution in [1.82, 2.24) is 29.7 Å². The smallest absolute Gasteiger partial charge is 0.199 e. The molecule has 4 heterocycles. The van der Waals surface area contributed by atoms with Gasteiger partial charge in [0, 0.05) is 110 Å². The van der Waals surface area contributed by atoms with Crippen molar-refractivity contribution in [3.05, 3.63) is 95.6 Å². The molecule has 0 amide bonds. The van der Waals surface area contributed by atoms with Crippen LogP contribution in [0.2, 0.25) is 0 Å². The lowest BCUT2D eigenvalue weighted by Gasteiger charge is -2.23. The van der Waals surface area contributed by atoms with E-state index in [9.17, 15) is 4.79 Å². The fraction of sp³-hybridized carbons (Fsp3) is 0.275. The normalized spacial score (nSPS) is 12.7. The van der Waals surface area contributed by atoms with Gasteiger partial charge in [0.15, 0.2) is 5.78 Å². The zero-order valence-electron chi connectivity index (χ0n) is 29.3. The summed E-state index contributed by atoms with van der Waals surface area (Å²) in [6.07, 6.45) is 8.02. The highest BCUT2D eigenvalue weighted by Gasteiger charge is 2.32. The van der Waals surface area contributed by atoms with E-state index in [4.69, 9.17) is 19.4 Å². The molecule has 2 aliphatic carbocycles. The number of methoxy groups -OCH3 is 2. The van der Waals surface area contributed by atoms with Crippen molar-refractivity contribution in [3.63, 3.8) is 0 Å². The monoisotopic (exact) mass is 680 g/mol. The lowest BCUT2D eigenvalue weighted by atomic mass is 10.0. The number of ether oxygens (including phenoxy) is 2. The van der Waals surface area contributed by atoms with E-state index >= 15 is 0 Å². The predicted molar refractivity (Wildman–Crippen MR) is 201 cm³/mol. The van der Waals surface area contributed by atoms with Crippen molar-refractivity contribution in [2.75, 3.05) is 78.2 Å². The average molecular weight is 681 g/mol. The highest BCUT2D eigenvalue weighted by Crippen LogP contribution is 2.45. The number of carbonyl (C=O) groups is 1.